The maximum absolute atomic E-state index is 12.0. The number of methoxy groups -OCH3 is 1. The molecule has 0 saturated carbocycles. The van der Waals surface area contributed by atoms with Crippen molar-refractivity contribution >= 4 is 90.2 Å². The van der Waals surface area contributed by atoms with Gasteiger partial charge in [-0.3, -0.25) is 53.3 Å². The number of non-ortho nitro benzene ring substituents is 1. The van der Waals surface area contributed by atoms with Crippen LogP contribution in [0.3, 0.4) is 0 Å². The summed E-state index contributed by atoms with van der Waals surface area (Å²) >= 11 is 0. The maximum atomic E-state index is 12.0. The lowest BCUT2D eigenvalue weighted by Crippen LogP contribution is -2.19. The third-order valence-corrected chi connectivity index (χ3v) is 22.3. The number of aryl methyl sites for hydroxylation is 5. The van der Waals surface area contributed by atoms with Crippen molar-refractivity contribution in [2.45, 2.75) is 186 Å². The Hall–Kier alpha value is -13.8. The number of para-hydroxylation sites is 1. The van der Waals surface area contributed by atoms with Crippen LogP contribution >= 0.6 is 0 Å². The highest BCUT2D eigenvalue weighted by molar-refractivity contribution is 6.09. The van der Waals surface area contributed by atoms with Gasteiger partial charge in [0.25, 0.3) is 5.69 Å². The van der Waals surface area contributed by atoms with Gasteiger partial charge in [-0.05, 0) is 113 Å². The highest BCUT2D eigenvalue weighted by atomic mass is 16.6. The molecule has 0 unspecified atom stereocenters. The number of Topliss-reactive ketones (excluding diaryl/α,β-unsaturated/α-hetero) is 9. The number of hydrogen-bond donors (Lipinski definition) is 0. The molecule has 14 aromatic rings. The van der Waals surface area contributed by atoms with Gasteiger partial charge < -0.3 is 4.74 Å². The standard InChI is InChI=1S/C17H20O.C17H18O.C16H16O.C14H14O.C13H13NO.C12H16O2.C11H13NO3.2C11H14O.CH4/c1-11(2)17(18)13(4)14-7-8-15-9-12(3)5-6-16(15)10-14;1-12(2)17(18)16-10-8-15(9-11-16)14-6-4-13(3)5-7-14;1-12(2)16(17)15-10-8-14(9-11-15)13-6-4-3-5-7-13;1-10(2)14(15)13-9-5-7-11-6-3-4-8-12(11)13;1-9(2)13(15)12-8-7-10-5-3-4-6-11(10)14-12;1-9(2)11(13)12(14-3)10-7-5-4-6-8-10;1-7(2)11(13)9-4-8(3)5-10(6-9)12(14)15;2*1-8(2)11(12)10-6-4-9(3)5-7-10;/h5-11,13H,1-4H3;4-12H,1-3H3;3-12H,1-2H3;3-10H,1-2H3;3-9H,1-2H3;4-9,12H,1-3H3;4-7H,1-3H3;2*4-8H,1-3H3;1H4/t13-;;;;;12-;;;;/m0....1..../s1. The van der Waals surface area contributed by atoms with Gasteiger partial charge in [-0.2, -0.15) is 0 Å². The molecule has 137 heavy (non-hydrogen) atoms. The number of ether oxygens (including phenoxy) is 1. The number of nitrogens with zero attached hydrogens (tertiary/aromatic N) is 2. The number of fused-ring (bicyclic) bond motifs is 3. The highest BCUT2D eigenvalue weighted by Gasteiger charge is 2.24. The van der Waals surface area contributed by atoms with Gasteiger partial charge in [0, 0.05) is 117 Å². The Morgan fingerprint density at radius 3 is 1.06 bits per heavy atom. The van der Waals surface area contributed by atoms with Crippen molar-refractivity contribution in [2.24, 2.45) is 53.3 Å². The first-order valence-electron chi connectivity index (χ1n) is 46.9. The van der Waals surface area contributed by atoms with Crippen molar-refractivity contribution in [3.63, 3.8) is 0 Å². The lowest BCUT2D eigenvalue weighted by atomic mass is 9.89. The Labute approximate surface area is 814 Å². The fraction of sp³-hybridized carbons (Fsp3) is 0.301. The molecule has 0 bridgehead atoms. The van der Waals surface area contributed by atoms with Crippen molar-refractivity contribution in [3.8, 4) is 22.3 Å². The molecule has 14 heteroatoms. The Morgan fingerprint density at radius 1 is 0.277 bits per heavy atom. The van der Waals surface area contributed by atoms with Crippen LogP contribution in [0.2, 0.25) is 0 Å². The third kappa shape index (κ3) is 36.1. The molecule has 0 N–H and O–H groups in total. The van der Waals surface area contributed by atoms with E-state index in [0.717, 1.165) is 77.3 Å². The number of nitro groups is 1. The van der Waals surface area contributed by atoms with E-state index in [1.807, 2.05) is 350 Å². The molecule has 0 aliphatic carbocycles. The number of hydrogen-bond acceptors (Lipinski definition) is 13. The van der Waals surface area contributed by atoms with Crippen LogP contribution < -0.4 is 0 Å². The van der Waals surface area contributed by atoms with Crippen molar-refractivity contribution in [1.29, 1.82) is 0 Å². The molecule has 14 rings (SSSR count). The van der Waals surface area contributed by atoms with Crippen molar-refractivity contribution in [1.82, 2.24) is 4.98 Å². The zero-order valence-corrected chi connectivity index (χ0v) is 84.2. The molecular weight excluding hydrogens is 1700 g/mol. The topological polar surface area (TPSA) is 219 Å². The smallest absolute Gasteiger partial charge is 0.270 e. The lowest BCUT2D eigenvalue weighted by molar-refractivity contribution is -0.384. The Morgan fingerprint density at radius 2 is 0.628 bits per heavy atom. The van der Waals surface area contributed by atoms with E-state index in [4.69, 9.17) is 4.74 Å². The number of rotatable bonds is 24. The maximum Gasteiger partial charge on any atom is 0.270 e. The third-order valence-electron chi connectivity index (χ3n) is 22.3. The van der Waals surface area contributed by atoms with Crippen LogP contribution in [0.1, 0.15) is 263 Å². The Kier molecular flexibility index (Phi) is 46.9. The SMILES string of the molecule is C.CC(C)C(=O)c1ccc(-c2ccccc2)cc1.CC(C)C(=O)c1ccc2ccccc2n1.CC(C)C(=O)c1cccc2ccccc12.CO[C@@H](C(=O)C(C)C)c1ccccc1.Cc1cc(C(=O)C(C)C)cc([N+](=O)[O-])c1.Cc1ccc(-c2ccc(C(=O)C(C)C)cc2)cc1.Cc1ccc(C(=O)C(C)C)cc1.Cc1ccc(C(=O)C(C)C)cc1.Cc1ccc2cc([C@H](C)C(=O)C(C)C)ccc2c1. The summed E-state index contributed by atoms with van der Waals surface area (Å²) in [6, 6.07) is 102. The second-order valence-electron chi connectivity index (χ2n) is 37.0. The Balaban J connectivity index is 0.000000273. The Bertz CT molecular complexity index is 6190. The van der Waals surface area contributed by atoms with Gasteiger partial charge in [-0.1, -0.05) is 446 Å². The van der Waals surface area contributed by atoms with Gasteiger partial charge in [-0.25, -0.2) is 4.98 Å². The second-order valence-corrected chi connectivity index (χ2v) is 37.0. The monoisotopic (exact) mass is 1840 g/mol. The molecule has 0 saturated heterocycles. The van der Waals surface area contributed by atoms with Crippen LogP contribution in [-0.2, 0) is 14.3 Å². The molecule has 0 spiro atoms. The van der Waals surface area contributed by atoms with Gasteiger partial charge in [0.1, 0.15) is 17.6 Å². The van der Waals surface area contributed by atoms with E-state index < -0.39 is 11.0 Å². The molecule has 0 aliphatic heterocycles. The van der Waals surface area contributed by atoms with Crippen LogP contribution in [0.5, 0.6) is 0 Å². The van der Waals surface area contributed by atoms with Gasteiger partial charge in [-0.15, -0.1) is 0 Å². The molecule has 1 aromatic heterocycles. The summed E-state index contributed by atoms with van der Waals surface area (Å²) in [6.07, 6.45) is -0.420. The van der Waals surface area contributed by atoms with Crippen LogP contribution in [0.15, 0.2) is 315 Å². The first kappa shape index (κ1) is 114. The van der Waals surface area contributed by atoms with Crippen LogP contribution in [0, 0.1) is 98.0 Å². The van der Waals surface area contributed by atoms with Gasteiger partial charge in [0.05, 0.1) is 10.4 Å². The van der Waals surface area contributed by atoms with Gasteiger partial charge in [0.15, 0.2) is 46.3 Å². The second kappa shape index (κ2) is 56.5. The predicted octanol–water partition coefficient (Wildman–Crippen LogP) is 31.6. The van der Waals surface area contributed by atoms with Crippen molar-refractivity contribution < 1.29 is 52.8 Å². The summed E-state index contributed by atoms with van der Waals surface area (Å²) in [5.74, 6) is 1.77. The highest BCUT2D eigenvalue weighted by Crippen LogP contribution is 2.30. The van der Waals surface area contributed by atoms with E-state index in [0.29, 0.717) is 17.0 Å². The number of carbonyl (C=O) groups is 9. The summed E-state index contributed by atoms with van der Waals surface area (Å²) < 4.78 is 5.21. The van der Waals surface area contributed by atoms with E-state index in [-0.39, 0.29) is 119 Å². The van der Waals surface area contributed by atoms with Crippen LogP contribution in [0.25, 0.3) is 54.7 Å². The number of nitro benzene ring substituents is 1. The van der Waals surface area contributed by atoms with Gasteiger partial charge in [0.2, 0.25) is 0 Å². The molecule has 0 aliphatic rings. The van der Waals surface area contributed by atoms with Crippen molar-refractivity contribution in [3.05, 3.63) is 404 Å². The lowest BCUT2D eigenvalue weighted by Gasteiger charge is -2.16. The van der Waals surface area contributed by atoms with Crippen LogP contribution in [0.4, 0.5) is 5.69 Å². The quantitative estimate of drug-likeness (QED) is 0.0313. The minimum absolute atomic E-state index is 0. The van der Waals surface area contributed by atoms with Crippen molar-refractivity contribution in [2.75, 3.05) is 7.11 Å². The predicted molar refractivity (Wildman–Crippen MR) is 568 cm³/mol. The summed E-state index contributed by atoms with van der Waals surface area (Å²) in [7, 11) is 1.57. The molecule has 14 nitrogen and oxygen atoms in total. The van der Waals surface area contributed by atoms with Crippen LogP contribution in [-0.4, -0.2) is 69.1 Å². The largest absolute Gasteiger partial charge is 0.369 e. The van der Waals surface area contributed by atoms with E-state index >= 15 is 0 Å². The van der Waals surface area contributed by atoms with E-state index in [1.54, 1.807) is 40.0 Å². The molecular formula is C123H142N2O12. The van der Waals surface area contributed by atoms with Gasteiger partial charge >= 0.3 is 0 Å². The number of pyridine rings is 1. The normalized spacial score (nSPS) is 11.1. The average molecular weight is 1840 g/mol. The first-order chi connectivity index (χ1) is 64.4. The molecule has 0 radical (unpaired) electrons. The number of carbonyl (C=O) groups excluding carboxylic acids is 9. The number of benzene rings is 13. The number of ketones is 9. The zero-order chi connectivity index (χ0) is 101. The minimum atomic E-state index is -0.482. The van der Waals surface area contributed by atoms with E-state index in [9.17, 15) is 53.3 Å². The molecule has 0 amide bonds. The fourth-order valence-corrected chi connectivity index (χ4v) is 14.1. The molecule has 1 heterocycles. The average Bonchev–Trinajstić information content (AvgIpc) is 0.810. The molecule has 2 atom stereocenters. The molecule has 716 valence electrons. The van der Waals surface area contributed by atoms with E-state index in [1.165, 1.54) is 56.3 Å². The van der Waals surface area contributed by atoms with E-state index in [2.05, 4.69) is 91.6 Å². The summed E-state index contributed by atoms with van der Waals surface area (Å²) in [5, 5.41) is 16.3. The first-order valence-corrected chi connectivity index (χ1v) is 46.9. The summed E-state index contributed by atoms with van der Waals surface area (Å²) in [6.45, 7) is 46.2. The number of aromatic nitrogens is 1. The minimum Gasteiger partial charge on any atom is -0.369 e. The summed E-state index contributed by atoms with van der Waals surface area (Å²) in [4.78, 5) is 120. The zero-order valence-electron chi connectivity index (χ0n) is 84.2. The fourth-order valence-electron chi connectivity index (χ4n) is 14.1. The summed E-state index contributed by atoms with van der Waals surface area (Å²) in [5.41, 5.74) is 18.2. The molecule has 13 aromatic carbocycles. The molecule has 0 fully saturated rings.